The van der Waals surface area contributed by atoms with Gasteiger partial charge in [0.05, 0.1) is 17.1 Å². The molecule has 0 heterocycles. The van der Waals surface area contributed by atoms with Gasteiger partial charge in [0, 0.05) is 9.50 Å². The van der Waals surface area contributed by atoms with E-state index in [9.17, 15) is 4.39 Å². The maximum absolute atomic E-state index is 13.2. The summed E-state index contributed by atoms with van der Waals surface area (Å²) in [6, 6.07) is 7.83. The minimum Gasteiger partial charge on any atom is -0.397 e. The van der Waals surface area contributed by atoms with E-state index in [4.69, 9.17) is 17.3 Å². The van der Waals surface area contributed by atoms with Gasteiger partial charge in [-0.25, -0.2) is 4.39 Å². The van der Waals surface area contributed by atoms with Gasteiger partial charge in [-0.05, 0) is 58.7 Å². The summed E-state index contributed by atoms with van der Waals surface area (Å²) >= 11 is 9.48. The topological polar surface area (TPSA) is 38.0 Å². The van der Waals surface area contributed by atoms with E-state index in [1.54, 1.807) is 6.07 Å². The second-order valence-electron chi connectivity index (χ2n) is 3.94. The van der Waals surface area contributed by atoms with Crippen molar-refractivity contribution in [3.8, 4) is 0 Å². The lowest BCUT2D eigenvalue weighted by Crippen LogP contribution is -1.98. The lowest BCUT2D eigenvalue weighted by molar-refractivity contribution is 0.628. The van der Waals surface area contributed by atoms with Crippen LogP contribution in [0.3, 0.4) is 0 Å². The van der Waals surface area contributed by atoms with Gasteiger partial charge < -0.3 is 11.1 Å². The molecule has 0 aliphatic rings. The molecule has 0 amide bonds. The SMILES string of the molecule is Cc1cc(Br)c(Nc2cc(F)ccc2N)cc1Cl. The largest absolute Gasteiger partial charge is 0.397 e. The number of anilines is 3. The normalized spacial score (nSPS) is 10.4. The van der Waals surface area contributed by atoms with Crippen LogP contribution in [0.15, 0.2) is 34.8 Å². The highest BCUT2D eigenvalue weighted by molar-refractivity contribution is 9.10. The molecule has 94 valence electrons. The van der Waals surface area contributed by atoms with Crippen molar-refractivity contribution in [3.05, 3.63) is 51.2 Å². The molecule has 0 aliphatic carbocycles. The Hall–Kier alpha value is -1.26. The zero-order chi connectivity index (χ0) is 13.3. The summed E-state index contributed by atoms with van der Waals surface area (Å²) in [5.41, 5.74) is 8.46. The third-order valence-electron chi connectivity index (χ3n) is 2.53. The van der Waals surface area contributed by atoms with Gasteiger partial charge in [-0.15, -0.1) is 0 Å². The Bertz CT molecular complexity index is 602. The molecule has 0 aromatic heterocycles. The number of hydrogen-bond donors (Lipinski definition) is 2. The number of nitrogens with one attached hydrogen (secondary N) is 1. The summed E-state index contributed by atoms with van der Waals surface area (Å²) in [5.74, 6) is -0.346. The molecule has 5 heteroatoms. The summed E-state index contributed by atoms with van der Waals surface area (Å²) in [6.45, 7) is 1.91. The van der Waals surface area contributed by atoms with Gasteiger partial charge in [-0.3, -0.25) is 0 Å². The van der Waals surface area contributed by atoms with Crippen molar-refractivity contribution in [2.24, 2.45) is 0 Å². The zero-order valence-corrected chi connectivity index (χ0v) is 11.9. The molecule has 2 aromatic rings. The van der Waals surface area contributed by atoms with E-state index in [1.807, 2.05) is 13.0 Å². The van der Waals surface area contributed by atoms with E-state index in [1.165, 1.54) is 18.2 Å². The first kappa shape index (κ1) is 13.2. The molecule has 0 spiro atoms. The van der Waals surface area contributed by atoms with Crippen LogP contribution in [0.4, 0.5) is 21.5 Å². The highest BCUT2D eigenvalue weighted by atomic mass is 79.9. The third-order valence-corrected chi connectivity index (χ3v) is 3.60. The van der Waals surface area contributed by atoms with Crippen molar-refractivity contribution in [1.82, 2.24) is 0 Å². The average Bonchev–Trinajstić information content (AvgIpc) is 2.30. The van der Waals surface area contributed by atoms with Gasteiger partial charge in [0.1, 0.15) is 5.82 Å². The lowest BCUT2D eigenvalue weighted by atomic mass is 10.2. The smallest absolute Gasteiger partial charge is 0.125 e. The first-order valence-corrected chi connectivity index (χ1v) is 6.42. The number of aryl methyl sites for hydroxylation is 1. The second-order valence-corrected chi connectivity index (χ2v) is 5.20. The predicted octanol–water partition coefficient (Wildman–Crippen LogP) is 4.88. The molecule has 3 N–H and O–H groups in total. The Morgan fingerprint density at radius 2 is 1.94 bits per heavy atom. The van der Waals surface area contributed by atoms with Gasteiger partial charge in [0.2, 0.25) is 0 Å². The van der Waals surface area contributed by atoms with E-state index in [2.05, 4.69) is 21.2 Å². The van der Waals surface area contributed by atoms with Gasteiger partial charge in [0.15, 0.2) is 0 Å². The molecule has 0 aliphatic heterocycles. The van der Waals surface area contributed by atoms with Gasteiger partial charge in [-0.2, -0.15) is 0 Å². The summed E-state index contributed by atoms with van der Waals surface area (Å²) in [4.78, 5) is 0. The van der Waals surface area contributed by atoms with E-state index in [-0.39, 0.29) is 5.82 Å². The number of rotatable bonds is 2. The highest BCUT2D eigenvalue weighted by Gasteiger charge is 2.07. The summed E-state index contributed by atoms with van der Waals surface area (Å²) in [5, 5.41) is 3.69. The van der Waals surface area contributed by atoms with Crippen LogP contribution in [-0.4, -0.2) is 0 Å². The van der Waals surface area contributed by atoms with Gasteiger partial charge in [-0.1, -0.05) is 11.6 Å². The average molecular weight is 330 g/mol. The van der Waals surface area contributed by atoms with Crippen LogP contribution in [0.25, 0.3) is 0 Å². The molecule has 0 fully saturated rings. The fourth-order valence-corrected chi connectivity index (χ4v) is 2.24. The number of nitrogens with two attached hydrogens (primary N) is 1. The Balaban J connectivity index is 2.40. The number of nitrogen functional groups attached to an aromatic ring is 1. The minimum atomic E-state index is -0.346. The van der Waals surface area contributed by atoms with Crippen molar-refractivity contribution < 1.29 is 4.39 Å². The quantitative estimate of drug-likeness (QED) is 0.771. The van der Waals surface area contributed by atoms with Crippen LogP contribution in [-0.2, 0) is 0 Å². The predicted molar refractivity (Wildman–Crippen MR) is 78.0 cm³/mol. The molecule has 2 nitrogen and oxygen atoms in total. The molecular formula is C13H11BrClFN2. The fourth-order valence-electron chi connectivity index (χ4n) is 1.52. The van der Waals surface area contributed by atoms with Crippen LogP contribution >= 0.6 is 27.5 Å². The van der Waals surface area contributed by atoms with E-state index in [0.717, 1.165) is 15.7 Å². The second kappa shape index (κ2) is 5.16. The van der Waals surface area contributed by atoms with E-state index < -0.39 is 0 Å². The third kappa shape index (κ3) is 2.76. The summed E-state index contributed by atoms with van der Waals surface area (Å²) in [6.07, 6.45) is 0. The van der Waals surface area contributed by atoms with E-state index >= 15 is 0 Å². The molecule has 0 radical (unpaired) electrons. The maximum Gasteiger partial charge on any atom is 0.125 e. The van der Waals surface area contributed by atoms with Crippen molar-refractivity contribution in [1.29, 1.82) is 0 Å². The molecule has 0 bridgehead atoms. The summed E-state index contributed by atoms with van der Waals surface area (Å²) in [7, 11) is 0. The Morgan fingerprint density at radius 1 is 1.22 bits per heavy atom. The monoisotopic (exact) mass is 328 g/mol. The Morgan fingerprint density at radius 3 is 2.67 bits per heavy atom. The fraction of sp³-hybridized carbons (Fsp3) is 0.0769. The molecule has 0 saturated heterocycles. The molecule has 2 aromatic carbocycles. The van der Waals surface area contributed by atoms with Gasteiger partial charge in [0.25, 0.3) is 0 Å². The molecule has 0 saturated carbocycles. The van der Waals surface area contributed by atoms with Crippen LogP contribution in [0.1, 0.15) is 5.56 Å². The van der Waals surface area contributed by atoms with Gasteiger partial charge >= 0.3 is 0 Å². The first-order valence-electron chi connectivity index (χ1n) is 5.25. The van der Waals surface area contributed by atoms with Crippen molar-refractivity contribution >= 4 is 44.6 Å². The molecule has 0 atom stereocenters. The Kier molecular flexibility index (Phi) is 3.78. The Labute approximate surface area is 118 Å². The highest BCUT2D eigenvalue weighted by Crippen LogP contribution is 2.33. The maximum atomic E-state index is 13.2. The van der Waals surface area contributed by atoms with Crippen molar-refractivity contribution in [2.45, 2.75) is 6.92 Å². The zero-order valence-electron chi connectivity index (χ0n) is 9.60. The van der Waals surface area contributed by atoms with Crippen LogP contribution < -0.4 is 11.1 Å². The lowest BCUT2D eigenvalue weighted by Gasteiger charge is -2.12. The molecule has 2 rings (SSSR count). The van der Waals surface area contributed by atoms with E-state index in [0.29, 0.717) is 16.4 Å². The van der Waals surface area contributed by atoms with Crippen LogP contribution in [0, 0.1) is 12.7 Å². The van der Waals surface area contributed by atoms with Crippen molar-refractivity contribution in [3.63, 3.8) is 0 Å². The molecule has 0 unspecified atom stereocenters. The molecule has 18 heavy (non-hydrogen) atoms. The minimum absolute atomic E-state index is 0.346. The number of hydrogen-bond acceptors (Lipinski definition) is 2. The number of benzene rings is 2. The first-order chi connectivity index (χ1) is 8.47. The standard InChI is InChI=1S/C13H11BrClFN2/c1-7-4-9(14)12(6-10(7)15)18-13-5-8(16)2-3-11(13)17/h2-6,18H,17H2,1H3. The molecular weight excluding hydrogens is 319 g/mol. The number of halogens is 3. The van der Waals surface area contributed by atoms with Crippen molar-refractivity contribution in [2.75, 3.05) is 11.1 Å². The summed E-state index contributed by atoms with van der Waals surface area (Å²) < 4.78 is 14.0. The van der Waals surface area contributed by atoms with Crippen LogP contribution in [0.5, 0.6) is 0 Å². The van der Waals surface area contributed by atoms with Crippen LogP contribution in [0.2, 0.25) is 5.02 Å².